The first-order valence-corrected chi connectivity index (χ1v) is 7.01. The monoisotopic (exact) mass is 272 g/mol. The van der Waals surface area contributed by atoms with Crippen LogP contribution in [0.25, 0.3) is 0 Å². The lowest BCUT2D eigenvalue weighted by atomic mass is 9.99. The van der Waals surface area contributed by atoms with Gasteiger partial charge in [0.15, 0.2) is 0 Å². The molecule has 0 spiro atoms. The molecule has 0 heterocycles. The van der Waals surface area contributed by atoms with Crippen LogP contribution in [-0.4, -0.2) is 29.2 Å². The summed E-state index contributed by atoms with van der Waals surface area (Å²) in [5.74, 6) is -0.146. The van der Waals surface area contributed by atoms with E-state index in [9.17, 15) is 9.59 Å². The van der Waals surface area contributed by atoms with Crippen molar-refractivity contribution in [3.63, 3.8) is 0 Å². The summed E-state index contributed by atoms with van der Waals surface area (Å²) in [5.41, 5.74) is -0.500. The molecule has 0 fully saturated rings. The van der Waals surface area contributed by atoms with Crippen molar-refractivity contribution in [3.8, 4) is 0 Å². The SMILES string of the molecule is CC(C)CCCCNC(=O)NC(C)(C)CCC(=O)O. The molecule has 2 amide bonds. The fourth-order valence-electron chi connectivity index (χ4n) is 1.71. The molecule has 0 aromatic heterocycles. The van der Waals surface area contributed by atoms with Gasteiger partial charge in [0.1, 0.15) is 0 Å². The third-order valence-corrected chi connectivity index (χ3v) is 2.91. The normalized spacial score (nSPS) is 11.4. The van der Waals surface area contributed by atoms with Crippen molar-refractivity contribution in [1.82, 2.24) is 10.6 Å². The molecule has 112 valence electrons. The molecule has 0 saturated carbocycles. The first-order valence-electron chi connectivity index (χ1n) is 7.01. The van der Waals surface area contributed by atoms with Gasteiger partial charge in [-0.3, -0.25) is 4.79 Å². The Labute approximate surface area is 116 Å². The number of carboxylic acids is 1. The van der Waals surface area contributed by atoms with Crippen molar-refractivity contribution >= 4 is 12.0 Å². The lowest BCUT2D eigenvalue weighted by molar-refractivity contribution is -0.137. The van der Waals surface area contributed by atoms with Gasteiger partial charge in [0, 0.05) is 18.5 Å². The second kappa shape index (κ2) is 8.77. The van der Waals surface area contributed by atoms with Crippen LogP contribution in [0.4, 0.5) is 4.79 Å². The number of carbonyl (C=O) groups excluding carboxylic acids is 1. The van der Waals surface area contributed by atoms with Crippen LogP contribution in [0, 0.1) is 5.92 Å². The first-order chi connectivity index (χ1) is 8.73. The van der Waals surface area contributed by atoms with Gasteiger partial charge in [-0.1, -0.05) is 26.7 Å². The molecule has 5 nitrogen and oxygen atoms in total. The van der Waals surface area contributed by atoms with E-state index in [4.69, 9.17) is 5.11 Å². The first kappa shape index (κ1) is 17.7. The molecule has 0 aliphatic carbocycles. The Morgan fingerprint density at radius 3 is 2.37 bits per heavy atom. The molecule has 0 atom stereocenters. The zero-order valence-corrected chi connectivity index (χ0v) is 12.6. The third-order valence-electron chi connectivity index (χ3n) is 2.91. The molecule has 0 aromatic rings. The summed E-state index contributed by atoms with van der Waals surface area (Å²) in [6.45, 7) is 8.69. The van der Waals surface area contributed by atoms with Crippen LogP contribution in [0.1, 0.15) is 59.8 Å². The molecule has 0 aliphatic rings. The van der Waals surface area contributed by atoms with Gasteiger partial charge < -0.3 is 15.7 Å². The third kappa shape index (κ3) is 11.6. The summed E-state index contributed by atoms with van der Waals surface area (Å²) in [5, 5.41) is 14.2. The van der Waals surface area contributed by atoms with Crippen molar-refractivity contribution in [2.75, 3.05) is 6.54 Å². The fourth-order valence-corrected chi connectivity index (χ4v) is 1.71. The highest BCUT2D eigenvalue weighted by Crippen LogP contribution is 2.11. The lowest BCUT2D eigenvalue weighted by Crippen LogP contribution is -2.48. The second-order valence-electron chi connectivity index (χ2n) is 6.05. The Bertz CT molecular complexity index is 288. The average Bonchev–Trinajstić information content (AvgIpc) is 2.25. The van der Waals surface area contributed by atoms with Crippen molar-refractivity contribution in [2.45, 2.75) is 65.3 Å². The van der Waals surface area contributed by atoms with Gasteiger partial charge in [0.25, 0.3) is 0 Å². The smallest absolute Gasteiger partial charge is 0.315 e. The van der Waals surface area contributed by atoms with E-state index in [0.717, 1.165) is 12.8 Å². The van der Waals surface area contributed by atoms with Gasteiger partial charge in [0.05, 0.1) is 0 Å². The fraction of sp³-hybridized carbons (Fsp3) is 0.857. The van der Waals surface area contributed by atoms with Crippen molar-refractivity contribution in [1.29, 1.82) is 0 Å². The van der Waals surface area contributed by atoms with Gasteiger partial charge in [0.2, 0.25) is 0 Å². The number of amides is 2. The molecule has 0 bridgehead atoms. The average molecular weight is 272 g/mol. The van der Waals surface area contributed by atoms with Crippen LogP contribution in [0.3, 0.4) is 0 Å². The summed E-state index contributed by atoms with van der Waals surface area (Å²) >= 11 is 0. The molecule has 0 unspecified atom stereocenters. The van der Waals surface area contributed by atoms with Gasteiger partial charge in [-0.05, 0) is 32.6 Å². The Kier molecular flexibility index (Phi) is 8.19. The number of carbonyl (C=O) groups is 2. The van der Waals surface area contributed by atoms with Crippen molar-refractivity contribution in [3.05, 3.63) is 0 Å². The number of nitrogens with one attached hydrogen (secondary N) is 2. The Morgan fingerprint density at radius 1 is 1.21 bits per heavy atom. The van der Waals surface area contributed by atoms with E-state index in [1.54, 1.807) is 0 Å². The van der Waals surface area contributed by atoms with E-state index < -0.39 is 11.5 Å². The number of hydrogen-bond acceptors (Lipinski definition) is 2. The maximum absolute atomic E-state index is 11.6. The maximum Gasteiger partial charge on any atom is 0.315 e. The second-order valence-corrected chi connectivity index (χ2v) is 6.05. The van der Waals surface area contributed by atoms with Crippen LogP contribution in [0.5, 0.6) is 0 Å². The van der Waals surface area contributed by atoms with E-state index in [0.29, 0.717) is 18.9 Å². The zero-order valence-electron chi connectivity index (χ0n) is 12.6. The number of aliphatic carboxylic acids is 1. The topological polar surface area (TPSA) is 78.4 Å². The van der Waals surface area contributed by atoms with Crippen LogP contribution in [-0.2, 0) is 4.79 Å². The van der Waals surface area contributed by atoms with Crippen LogP contribution in [0.2, 0.25) is 0 Å². The van der Waals surface area contributed by atoms with Crippen molar-refractivity contribution < 1.29 is 14.7 Å². The molecule has 0 radical (unpaired) electrons. The summed E-state index contributed by atoms with van der Waals surface area (Å²) in [6, 6.07) is -0.222. The maximum atomic E-state index is 11.6. The van der Waals surface area contributed by atoms with Crippen LogP contribution >= 0.6 is 0 Å². The molecule has 5 heteroatoms. The lowest BCUT2D eigenvalue weighted by Gasteiger charge is -2.25. The zero-order chi connectivity index (χ0) is 14.9. The minimum Gasteiger partial charge on any atom is -0.481 e. The number of unbranched alkanes of at least 4 members (excludes halogenated alkanes) is 1. The van der Waals surface area contributed by atoms with E-state index >= 15 is 0 Å². The van der Waals surface area contributed by atoms with Crippen molar-refractivity contribution in [2.24, 2.45) is 5.92 Å². The van der Waals surface area contributed by atoms with Gasteiger partial charge in [-0.25, -0.2) is 4.79 Å². The molecular formula is C14H28N2O3. The highest BCUT2D eigenvalue weighted by molar-refractivity contribution is 5.74. The molecule has 0 rings (SSSR count). The molecule has 19 heavy (non-hydrogen) atoms. The van der Waals surface area contributed by atoms with E-state index in [1.807, 2.05) is 13.8 Å². The van der Waals surface area contributed by atoms with Gasteiger partial charge >= 0.3 is 12.0 Å². The quantitative estimate of drug-likeness (QED) is 0.565. The molecule has 0 saturated heterocycles. The Hall–Kier alpha value is -1.26. The van der Waals surface area contributed by atoms with Gasteiger partial charge in [-0.2, -0.15) is 0 Å². The summed E-state index contributed by atoms with van der Waals surface area (Å²) in [6.07, 6.45) is 3.74. The standard InChI is InChI=1S/C14H28N2O3/c1-11(2)7-5-6-10-15-13(19)16-14(3,4)9-8-12(17)18/h11H,5-10H2,1-4H3,(H,17,18)(H2,15,16,19). The highest BCUT2D eigenvalue weighted by atomic mass is 16.4. The van der Waals surface area contributed by atoms with E-state index in [1.165, 1.54) is 6.42 Å². The van der Waals surface area contributed by atoms with E-state index in [2.05, 4.69) is 24.5 Å². The van der Waals surface area contributed by atoms with Crippen LogP contribution < -0.4 is 10.6 Å². The largest absolute Gasteiger partial charge is 0.481 e. The predicted molar refractivity (Wildman–Crippen MR) is 76.2 cm³/mol. The Balaban J connectivity index is 3.74. The summed E-state index contributed by atoms with van der Waals surface area (Å²) in [7, 11) is 0. The van der Waals surface area contributed by atoms with Crippen LogP contribution in [0.15, 0.2) is 0 Å². The molecule has 3 N–H and O–H groups in total. The van der Waals surface area contributed by atoms with E-state index in [-0.39, 0.29) is 12.5 Å². The molecule has 0 aromatic carbocycles. The summed E-state index contributed by atoms with van der Waals surface area (Å²) < 4.78 is 0. The molecule has 0 aliphatic heterocycles. The Morgan fingerprint density at radius 2 is 1.84 bits per heavy atom. The minimum atomic E-state index is -0.844. The van der Waals surface area contributed by atoms with Gasteiger partial charge in [-0.15, -0.1) is 0 Å². The number of hydrogen-bond donors (Lipinski definition) is 3. The highest BCUT2D eigenvalue weighted by Gasteiger charge is 2.21. The number of urea groups is 1. The summed E-state index contributed by atoms with van der Waals surface area (Å²) in [4.78, 5) is 22.1. The minimum absolute atomic E-state index is 0.0572. The predicted octanol–water partition coefficient (Wildman–Crippen LogP) is 2.76. The molecular weight excluding hydrogens is 244 g/mol. The number of carboxylic acid groups (broad SMARTS) is 1. The number of rotatable bonds is 9.